The number of nitrogens with one attached hydrogen (secondary N) is 1. The van der Waals surface area contributed by atoms with Crippen LogP contribution in [0, 0.1) is 0 Å². The number of hydrogen-bond donors (Lipinski definition) is 1. The van der Waals surface area contributed by atoms with Crippen molar-refractivity contribution >= 4 is 0 Å². The Labute approximate surface area is 164 Å². The number of nitrogens with zero attached hydrogens (tertiary/aromatic N) is 3. The monoisotopic (exact) mass is 376 g/mol. The summed E-state index contributed by atoms with van der Waals surface area (Å²) in [5, 5.41) is 0. The molecule has 144 valence electrons. The van der Waals surface area contributed by atoms with Crippen LogP contribution in [0.15, 0.2) is 59.7 Å². The second kappa shape index (κ2) is 8.35. The third-order valence-electron chi connectivity index (χ3n) is 5.23. The van der Waals surface area contributed by atoms with Crippen LogP contribution in [-0.4, -0.2) is 40.1 Å². The maximum Gasteiger partial charge on any atom is 0.251 e. The van der Waals surface area contributed by atoms with Crippen molar-refractivity contribution < 1.29 is 4.74 Å². The predicted molar refractivity (Wildman–Crippen MR) is 108 cm³/mol. The van der Waals surface area contributed by atoms with Gasteiger partial charge in [0.1, 0.15) is 11.6 Å². The second-order valence-electron chi connectivity index (χ2n) is 7.16. The number of methoxy groups -OCH3 is 1. The lowest BCUT2D eigenvalue weighted by atomic mass is 9.95. The zero-order chi connectivity index (χ0) is 19.3. The van der Waals surface area contributed by atoms with Gasteiger partial charge in [-0.2, -0.15) is 0 Å². The number of piperidine rings is 1. The molecule has 6 nitrogen and oxygen atoms in total. The first-order valence-electron chi connectivity index (χ1n) is 9.58. The van der Waals surface area contributed by atoms with Crippen molar-refractivity contribution in [3.05, 3.63) is 76.6 Å². The lowest BCUT2D eigenvalue weighted by Crippen LogP contribution is -2.33. The minimum atomic E-state index is -0.109. The Bertz CT molecular complexity index is 979. The van der Waals surface area contributed by atoms with E-state index in [2.05, 4.69) is 27.0 Å². The average molecular weight is 376 g/mol. The van der Waals surface area contributed by atoms with Crippen molar-refractivity contribution in [2.75, 3.05) is 20.2 Å². The Balaban J connectivity index is 1.44. The van der Waals surface area contributed by atoms with E-state index in [0.29, 0.717) is 5.69 Å². The largest absolute Gasteiger partial charge is 0.497 e. The van der Waals surface area contributed by atoms with Gasteiger partial charge in [-0.15, -0.1) is 0 Å². The first-order chi connectivity index (χ1) is 13.7. The van der Waals surface area contributed by atoms with Crippen molar-refractivity contribution in [3.63, 3.8) is 0 Å². The molecular weight excluding hydrogens is 352 g/mol. The van der Waals surface area contributed by atoms with E-state index >= 15 is 0 Å². The van der Waals surface area contributed by atoms with Crippen LogP contribution in [0.3, 0.4) is 0 Å². The molecule has 3 heterocycles. The smallest absolute Gasteiger partial charge is 0.251 e. The van der Waals surface area contributed by atoms with Crippen molar-refractivity contribution in [1.29, 1.82) is 0 Å². The Morgan fingerprint density at radius 3 is 2.79 bits per heavy atom. The van der Waals surface area contributed by atoms with Gasteiger partial charge in [0.15, 0.2) is 0 Å². The lowest BCUT2D eigenvalue weighted by Gasteiger charge is -2.31. The first kappa shape index (κ1) is 18.4. The van der Waals surface area contributed by atoms with E-state index < -0.39 is 0 Å². The van der Waals surface area contributed by atoms with E-state index in [1.807, 2.05) is 24.3 Å². The van der Waals surface area contributed by atoms with Gasteiger partial charge < -0.3 is 9.72 Å². The van der Waals surface area contributed by atoms with Crippen LogP contribution < -0.4 is 10.3 Å². The van der Waals surface area contributed by atoms with Crippen LogP contribution in [-0.2, 0) is 6.54 Å². The zero-order valence-electron chi connectivity index (χ0n) is 16.0. The van der Waals surface area contributed by atoms with Crippen molar-refractivity contribution in [3.8, 4) is 17.0 Å². The number of rotatable bonds is 5. The maximum absolute atomic E-state index is 12.2. The molecule has 1 aliphatic rings. The Hall–Kier alpha value is -2.99. The summed E-state index contributed by atoms with van der Waals surface area (Å²) in [7, 11) is 1.69. The van der Waals surface area contributed by atoms with Crippen LogP contribution in [0.4, 0.5) is 0 Å². The number of likely N-dealkylation sites (tertiary alicyclic amines) is 1. The van der Waals surface area contributed by atoms with E-state index in [1.54, 1.807) is 25.6 Å². The summed E-state index contributed by atoms with van der Waals surface area (Å²) in [6.07, 6.45) is 5.41. The van der Waals surface area contributed by atoms with Crippen molar-refractivity contribution in [2.24, 2.45) is 0 Å². The summed E-state index contributed by atoms with van der Waals surface area (Å²) in [4.78, 5) is 26.4. The predicted octanol–water partition coefficient (Wildman–Crippen LogP) is 3.22. The highest BCUT2D eigenvalue weighted by molar-refractivity contribution is 5.56. The minimum Gasteiger partial charge on any atom is -0.497 e. The molecule has 0 saturated carbocycles. The number of H-pyrrole nitrogens is 1. The normalized spacial score (nSPS) is 15.5. The van der Waals surface area contributed by atoms with Crippen LogP contribution >= 0.6 is 0 Å². The Morgan fingerprint density at radius 2 is 2.04 bits per heavy atom. The summed E-state index contributed by atoms with van der Waals surface area (Å²) >= 11 is 0. The molecule has 1 saturated heterocycles. The highest BCUT2D eigenvalue weighted by Crippen LogP contribution is 2.27. The quantitative estimate of drug-likeness (QED) is 0.740. The molecule has 1 fully saturated rings. The van der Waals surface area contributed by atoms with Gasteiger partial charge in [-0.05, 0) is 55.8 Å². The van der Waals surface area contributed by atoms with E-state index in [4.69, 9.17) is 9.72 Å². The van der Waals surface area contributed by atoms with Gasteiger partial charge in [0.25, 0.3) is 5.56 Å². The second-order valence-corrected chi connectivity index (χ2v) is 7.16. The molecule has 1 aliphatic heterocycles. The maximum atomic E-state index is 12.2. The van der Waals surface area contributed by atoms with Gasteiger partial charge >= 0.3 is 0 Å². The summed E-state index contributed by atoms with van der Waals surface area (Å²) in [5.41, 5.74) is 2.70. The molecule has 6 heteroatoms. The number of aromatic amines is 1. The number of aromatic nitrogens is 3. The van der Waals surface area contributed by atoms with Gasteiger partial charge in [0.05, 0.1) is 12.8 Å². The van der Waals surface area contributed by atoms with E-state index in [1.165, 1.54) is 5.56 Å². The Kier molecular flexibility index (Phi) is 5.48. The molecule has 28 heavy (non-hydrogen) atoms. The van der Waals surface area contributed by atoms with Crippen LogP contribution in [0.1, 0.15) is 30.1 Å². The zero-order valence-corrected chi connectivity index (χ0v) is 16.0. The van der Waals surface area contributed by atoms with Gasteiger partial charge in [-0.1, -0.05) is 12.1 Å². The fourth-order valence-electron chi connectivity index (χ4n) is 3.73. The summed E-state index contributed by atoms with van der Waals surface area (Å²) in [6, 6.07) is 13.5. The standard InChI is InChI=1S/C22H24N4O2/c1-28-19-6-2-4-16(12-19)15-26-10-7-17(8-11-26)22-24-20(13-21(27)25-22)18-5-3-9-23-14-18/h2-6,9,12-14,17H,7-8,10-11,15H2,1H3,(H,24,25,27). The number of hydrogen-bond acceptors (Lipinski definition) is 5. The van der Waals surface area contributed by atoms with Gasteiger partial charge in [-0.25, -0.2) is 4.98 Å². The van der Waals surface area contributed by atoms with Crippen LogP contribution in [0.25, 0.3) is 11.3 Å². The molecule has 4 rings (SSSR count). The molecule has 0 spiro atoms. The third-order valence-corrected chi connectivity index (χ3v) is 5.23. The summed E-state index contributed by atoms with van der Waals surface area (Å²) in [5.74, 6) is 1.94. The molecule has 0 atom stereocenters. The molecule has 0 radical (unpaired) electrons. The van der Waals surface area contributed by atoms with Crippen LogP contribution in [0.5, 0.6) is 5.75 Å². The highest BCUT2D eigenvalue weighted by atomic mass is 16.5. The molecule has 3 aromatic rings. The van der Waals surface area contributed by atoms with E-state index in [0.717, 1.165) is 49.6 Å². The molecule has 0 bridgehead atoms. The molecule has 1 N–H and O–H groups in total. The average Bonchev–Trinajstić information content (AvgIpc) is 2.74. The number of benzene rings is 1. The molecule has 0 unspecified atom stereocenters. The van der Waals surface area contributed by atoms with E-state index in [9.17, 15) is 4.79 Å². The SMILES string of the molecule is COc1cccc(CN2CCC(c3nc(-c4cccnc4)cc(=O)[nH]3)CC2)c1. The fourth-order valence-corrected chi connectivity index (χ4v) is 3.73. The van der Waals surface area contributed by atoms with E-state index in [-0.39, 0.29) is 11.5 Å². The Morgan fingerprint density at radius 1 is 1.18 bits per heavy atom. The number of pyridine rings is 1. The molecule has 0 amide bonds. The molecule has 0 aliphatic carbocycles. The number of ether oxygens (including phenoxy) is 1. The van der Waals surface area contributed by atoms with Gasteiger partial charge in [0.2, 0.25) is 0 Å². The lowest BCUT2D eigenvalue weighted by molar-refractivity contribution is 0.201. The van der Waals surface area contributed by atoms with Gasteiger partial charge in [0, 0.05) is 36.5 Å². The third kappa shape index (κ3) is 4.28. The highest BCUT2D eigenvalue weighted by Gasteiger charge is 2.23. The van der Waals surface area contributed by atoms with Gasteiger partial charge in [-0.3, -0.25) is 14.7 Å². The summed E-state index contributed by atoms with van der Waals surface area (Å²) < 4.78 is 5.31. The van der Waals surface area contributed by atoms with Crippen molar-refractivity contribution in [2.45, 2.75) is 25.3 Å². The van der Waals surface area contributed by atoms with Crippen LogP contribution in [0.2, 0.25) is 0 Å². The van der Waals surface area contributed by atoms with Crippen molar-refractivity contribution in [1.82, 2.24) is 19.9 Å². The minimum absolute atomic E-state index is 0.109. The summed E-state index contributed by atoms with van der Waals surface area (Å²) in [6.45, 7) is 2.86. The molecule has 1 aromatic carbocycles. The fraction of sp³-hybridized carbons (Fsp3) is 0.318. The topological polar surface area (TPSA) is 71.1 Å². The molecule has 2 aromatic heterocycles. The first-order valence-corrected chi connectivity index (χ1v) is 9.58. The molecular formula is C22H24N4O2.